The quantitative estimate of drug-likeness (QED) is 0.523. The van der Waals surface area contributed by atoms with Gasteiger partial charge in [0.05, 0.1) is 10.9 Å². The molecule has 8 heteroatoms. The van der Waals surface area contributed by atoms with Crippen LogP contribution in [0.1, 0.15) is 29.7 Å². The summed E-state index contributed by atoms with van der Waals surface area (Å²) in [6.07, 6.45) is 0. The lowest BCUT2D eigenvalue weighted by atomic mass is 10.1. The fourth-order valence-electron chi connectivity index (χ4n) is 3.23. The third-order valence-electron chi connectivity index (χ3n) is 4.73. The van der Waals surface area contributed by atoms with Crippen molar-refractivity contribution in [3.63, 3.8) is 0 Å². The first kappa shape index (κ1) is 23.3. The Morgan fingerprint density at radius 1 is 0.969 bits per heavy atom. The number of carbonyl (C=O) groups excluding carboxylic acids is 1. The van der Waals surface area contributed by atoms with Gasteiger partial charge < -0.3 is 10.1 Å². The monoisotopic (exact) mass is 456 g/mol. The number of ether oxygens (including phenoxy) is 1. The third-order valence-corrected chi connectivity index (χ3v) is 6.12. The third kappa shape index (κ3) is 6.31. The Morgan fingerprint density at radius 3 is 2.16 bits per heavy atom. The molecule has 0 aliphatic heterocycles. The van der Waals surface area contributed by atoms with Crippen LogP contribution in [0.3, 0.4) is 0 Å². The molecule has 0 aromatic heterocycles. The first-order valence-corrected chi connectivity index (χ1v) is 11.5. The van der Waals surface area contributed by atoms with Crippen molar-refractivity contribution in [2.45, 2.75) is 31.7 Å². The molecule has 168 valence electrons. The number of amides is 1. The lowest BCUT2D eigenvalue weighted by Crippen LogP contribution is -2.31. The van der Waals surface area contributed by atoms with Gasteiger partial charge in [0.15, 0.2) is 6.61 Å². The van der Waals surface area contributed by atoms with Gasteiger partial charge in [0.25, 0.3) is 15.9 Å². The molecule has 3 rings (SSSR count). The van der Waals surface area contributed by atoms with Gasteiger partial charge in [0, 0.05) is 5.69 Å². The van der Waals surface area contributed by atoms with E-state index in [2.05, 4.69) is 10.0 Å². The number of halogens is 1. The second kappa shape index (κ2) is 9.82. The zero-order chi connectivity index (χ0) is 23.3. The number of aryl methyl sites for hydroxylation is 2. The maximum Gasteiger partial charge on any atom is 0.261 e. The largest absolute Gasteiger partial charge is 0.484 e. The van der Waals surface area contributed by atoms with Crippen LogP contribution in [-0.2, 0) is 14.8 Å². The van der Waals surface area contributed by atoms with Crippen molar-refractivity contribution in [3.05, 3.63) is 89.2 Å². The fourth-order valence-corrected chi connectivity index (χ4v) is 4.27. The number of sulfonamides is 1. The maximum absolute atomic E-state index is 13.0. The summed E-state index contributed by atoms with van der Waals surface area (Å²) in [4.78, 5) is 12.2. The second-order valence-electron chi connectivity index (χ2n) is 7.58. The predicted octanol–water partition coefficient (Wildman–Crippen LogP) is 4.50. The van der Waals surface area contributed by atoms with Crippen LogP contribution in [0.2, 0.25) is 0 Å². The molecular weight excluding hydrogens is 431 g/mol. The Hall–Kier alpha value is -3.39. The van der Waals surface area contributed by atoms with Crippen LogP contribution >= 0.6 is 0 Å². The molecule has 0 saturated heterocycles. The highest BCUT2D eigenvalue weighted by Crippen LogP contribution is 2.21. The first-order valence-electron chi connectivity index (χ1n) is 10.0. The number of hydrogen-bond acceptors (Lipinski definition) is 4. The highest BCUT2D eigenvalue weighted by atomic mass is 32.2. The normalized spacial score (nSPS) is 12.1. The molecule has 0 spiro atoms. The maximum atomic E-state index is 13.0. The Labute approximate surface area is 187 Å². The van der Waals surface area contributed by atoms with Gasteiger partial charge in [-0.2, -0.15) is 0 Å². The van der Waals surface area contributed by atoms with Crippen molar-refractivity contribution in [3.8, 4) is 5.75 Å². The molecule has 6 nitrogen and oxygen atoms in total. The SMILES string of the molecule is Cc1cc(C)cc(NS(=O)(=O)c2ccc(OCC(=O)NC(C)c3ccc(F)cc3)cc2)c1. The molecular formula is C24H25FN2O4S. The highest BCUT2D eigenvalue weighted by molar-refractivity contribution is 7.92. The molecule has 1 unspecified atom stereocenters. The molecule has 0 radical (unpaired) electrons. The van der Waals surface area contributed by atoms with Crippen LogP contribution in [0.5, 0.6) is 5.75 Å². The summed E-state index contributed by atoms with van der Waals surface area (Å²) < 4.78 is 46.3. The van der Waals surface area contributed by atoms with Crippen molar-refractivity contribution in [1.82, 2.24) is 5.32 Å². The molecule has 0 fully saturated rings. The number of anilines is 1. The van der Waals surface area contributed by atoms with Crippen LogP contribution in [-0.4, -0.2) is 20.9 Å². The van der Waals surface area contributed by atoms with Gasteiger partial charge in [0.2, 0.25) is 0 Å². The number of hydrogen-bond donors (Lipinski definition) is 2. The van der Waals surface area contributed by atoms with Crippen molar-refractivity contribution < 1.29 is 22.3 Å². The Kier molecular flexibility index (Phi) is 7.15. The highest BCUT2D eigenvalue weighted by Gasteiger charge is 2.15. The minimum atomic E-state index is -3.76. The van der Waals surface area contributed by atoms with Gasteiger partial charge in [-0.3, -0.25) is 9.52 Å². The zero-order valence-electron chi connectivity index (χ0n) is 18.1. The van der Waals surface area contributed by atoms with Crippen LogP contribution in [0, 0.1) is 19.7 Å². The van der Waals surface area contributed by atoms with Gasteiger partial charge >= 0.3 is 0 Å². The van der Waals surface area contributed by atoms with E-state index in [1.54, 1.807) is 31.2 Å². The van der Waals surface area contributed by atoms with Gasteiger partial charge in [-0.15, -0.1) is 0 Å². The molecule has 3 aromatic carbocycles. The van der Waals surface area contributed by atoms with E-state index < -0.39 is 10.0 Å². The van der Waals surface area contributed by atoms with Gasteiger partial charge in [-0.05, 0) is 86.0 Å². The molecule has 1 amide bonds. The summed E-state index contributed by atoms with van der Waals surface area (Å²) in [7, 11) is -3.76. The second-order valence-corrected chi connectivity index (χ2v) is 9.27. The molecule has 2 N–H and O–H groups in total. The molecule has 32 heavy (non-hydrogen) atoms. The van der Waals surface area contributed by atoms with E-state index in [1.165, 1.54) is 36.4 Å². The smallest absolute Gasteiger partial charge is 0.261 e. The summed E-state index contributed by atoms with van der Waals surface area (Å²) >= 11 is 0. The topological polar surface area (TPSA) is 84.5 Å². The summed E-state index contributed by atoms with van der Waals surface area (Å²) in [5, 5.41) is 2.77. The zero-order valence-corrected chi connectivity index (χ0v) is 18.9. The minimum Gasteiger partial charge on any atom is -0.484 e. The van der Waals surface area contributed by atoms with Crippen molar-refractivity contribution in [2.24, 2.45) is 0 Å². The fraction of sp³-hybridized carbons (Fsp3) is 0.208. The van der Waals surface area contributed by atoms with E-state index in [-0.39, 0.29) is 29.3 Å². The standard InChI is InChI=1S/C24H25FN2O4S/c1-16-12-17(2)14-21(13-16)27-32(29,30)23-10-8-22(9-11-23)31-15-24(28)26-18(3)19-4-6-20(25)7-5-19/h4-14,18,27H,15H2,1-3H3,(H,26,28). The summed E-state index contributed by atoms with van der Waals surface area (Å²) in [6.45, 7) is 5.34. The van der Waals surface area contributed by atoms with Gasteiger partial charge in [-0.1, -0.05) is 18.2 Å². The van der Waals surface area contributed by atoms with Crippen LogP contribution in [0.15, 0.2) is 71.6 Å². The van der Waals surface area contributed by atoms with Gasteiger partial charge in [0.1, 0.15) is 11.6 Å². The molecule has 0 saturated carbocycles. The van der Waals surface area contributed by atoms with Crippen LogP contribution in [0.25, 0.3) is 0 Å². The van der Waals surface area contributed by atoms with Gasteiger partial charge in [-0.25, -0.2) is 12.8 Å². The van der Waals surface area contributed by atoms with Crippen LogP contribution < -0.4 is 14.8 Å². The number of carbonyl (C=O) groups is 1. The van der Waals surface area contributed by atoms with E-state index in [1.807, 2.05) is 19.9 Å². The average molecular weight is 457 g/mol. The lowest BCUT2D eigenvalue weighted by molar-refractivity contribution is -0.123. The predicted molar refractivity (Wildman–Crippen MR) is 122 cm³/mol. The number of benzene rings is 3. The number of nitrogens with one attached hydrogen (secondary N) is 2. The van der Waals surface area contributed by atoms with E-state index in [0.29, 0.717) is 11.4 Å². The molecule has 0 aliphatic carbocycles. The molecule has 0 heterocycles. The molecule has 3 aromatic rings. The van der Waals surface area contributed by atoms with E-state index in [9.17, 15) is 17.6 Å². The van der Waals surface area contributed by atoms with E-state index >= 15 is 0 Å². The Balaban J connectivity index is 1.56. The van der Waals surface area contributed by atoms with Crippen molar-refractivity contribution in [1.29, 1.82) is 0 Å². The van der Waals surface area contributed by atoms with Crippen LogP contribution in [0.4, 0.5) is 10.1 Å². The summed E-state index contributed by atoms with van der Waals surface area (Å²) in [6, 6.07) is 16.9. The van der Waals surface area contributed by atoms with Crippen molar-refractivity contribution >= 4 is 21.6 Å². The average Bonchev–Trinajstić information content (AvgIpc) is 2.72. The Morgan fingerprint density at radius 2 is 1.56 bits per heavy atom. The first-order chi connectivity index (χ1) is 15.1. The molecule has 0 bridgehead atoms. The summed E-state index contributed by atoms with van der Waals surface area (Å²) in [5.41, 5.74) is 3.18. The minimum absolute atomic E-state index is 0.0818. The summed E-state index contributed by atoms with van der Waals surface area (Å²) in [5.74, 6) is -0.333. The van der Waals surface area contributed by atoms with Crippen molar-refractivity contribution in [2.75, 3.05) is 11.3 Å². The number of rotatable bonds is 8. The molecule has 1 atom stereocenters. The van der Waals surface area contributed by atoms with E-state index in [4.69, 9.17) is 4.74 Å². The lowest BCUT2D eigenvalue weighted by Gasteiger charge is -2.15. The Bertz CT molecular complexity index is 1170. The molecule has 0 aliphatic rings. The van der Waals surface area contributed by atoms with E-state index in [0.717, 1.165) is 16.7 Å².